The quantitative estimate of drug-likeness (QED) is 0.172. The summed E-state index contributed by atoms with van der Waals surface area (Å²) in [7, 11) is 0. The third kappa shape index (κ3) is 5.16. The Morgan fingerprint density at radius 3 is 1.44 bits per heavy atom. The van der Waals surface area contributed by atoms with Crippen LogP contribution in [0.4, 0.5) is 0 Å². The zero-order chi connectivity index (χ0) is 23.6. The Morgan fingerprint density at radius 2 is 1.09 bits per heavy atom. The zero-order valence-electron chi connectivity index (χ0n) is 19.6. The first-order chi connectivity index (χ1) is 15.9. The minimum atomic E-state index is -0.420. The molecule has 0 amide bonds. The normalized spacial score (nSPS) is 11.5. The summed E-state index contributed by atoms with van der Waals surface area (Å²) >= 11 is 6.51. The van der Waals surface area contributed by atoms with Gasteiger partial charge in [-0.25, -0.2) is 0 Å². The molecule has 0 fully saturated rings. The minimum Gasteiger partial charge on any atom is -0.406 e. The number of aromatic nitrogens is 6. The molecule has 0 atom stereocenters. The molecule has 0 aromatic carbocycles. The van der Waals surface area contributed by atoms with Gasteiger partial charge in [-0.05, 0) is 61.1 Å². The van der Waals surface area contributed by atoms with E-state index < -0.39 is 5.41 Å². The monoisotopic (exact) mass is 707 g/mol. The van der Waals surface area contributed by atoms with Crippen molar-refractivity contribution in [1.29, 1.82) is 0 Å². The van der Waals surface area contributed by atoms with Gasteiger partial charge in [0.15, 0.2) is 0 Å². The van der Waals surface area contributed by atoms with Crippen LogP contribution in [0.3, 0.4) is 0 Å². The minimum absolute atomic E-state index is 0. The van der Waals surface area contributed by atoms with Crippen LogP contribution >= 0.6 is 47.0 Å². The van der Waals surface area contributed by atoms with Crippen molar-refractivity contribution in [3.05, 3.63) is 60.4 Å². The Balaban J connectivity index is 0.00000324. The summed E-state index contributed by atoms with van der Waals surface area (Å²) in [5.74, 6) is 1.59. The fourth-order valence-corrected chi connectivity index (χ4v) is 6.30. The molecular formula is C23H24N6PtS4. The molecule has 180 valence electrons. The van der Waals surface area contributed by atoms with Gasteiger partial charge in [-0.1, -0.05) is 24.3 Å². The van der Waals surface area contributed by atoms with Gasteiger partial charge in [0.25, 0.3) is 0 Å². The molecule has 0 aliphatic rings. The Hall–Kier alpha value is -1.19. The van der Waals surface area contributed by atoms with Crippen LogP contribution in [0, 0.1) is 12.7 Å². The van der Waals surface area contributed by atoms with Gasteiger partial charge >= 0.3 is 21.1 Å². The van der Waals surface area contributed by atoms with Crippen LogP contribution in [0.1, 0.15) is 25.2 Å². The number of imidazole rings is 2. The molecule has 6 nitrogen and oxygen atoms in total. The van der Waals surface area contributed by atoms with Crippen LogP contribution in [0.25, 0.3) is 11.6 Å². The average Bonchev–Trinajstić information content (AvgIpc) is 3.47. The second kappa shape index (κ2) is 11.7. The molecule has 0 saturated heterocycles. The van der Waals surface area contributed by atoms with E-state index in [4.69, 9.17) is 9.97 Å². The summed E-state index contributed by atoms with van der Waals surface area (Å²) in [5.41, 5.74) is 1.43. The van der Waals surface area contributed by atoms with E-state index in [1.165, 1.54) is 0 Å². The molecular weight excluding hydrogens is 684 g/mol. The van der Waals surface area contributed by atoms with Crippen LogP contribution in [-0.2, 0) is 26.5 Å². The van der Waals surface area contributed by atoms with Crippen molar-refractivity contribution in [2.45, 2.75) is 39.4 Å². The van der Waals surface area contributed by atoms with E-state index in [2.05, 4.69) is 36.5 Å². The molecule has 0 spiro atoms. The van der Waals surface area contributed by atoms with Gasteiger partial charge in [0.2, 0.25) is 0 Å². The maximum Gasteiger partial charge on any atom is 2.00 e. The summed E-state index contributed by atoms with van der Waals surface area (Å²) in [4.78, 5) is 18.8. The first-order valence-electron chi connectivity index (χ1n) is 10.1. The van der Waals surface area contributed by atoms with Crippen molar-refractivity contribution in [3.63, 3.8) is 0 Å². The Bertz CT molecular complexity index is 1170. The number of hydrogen-bond donors (Lipinski definition) is 0. The summed E-state index contributed by atoms with van der Waals surface area (Å²) < 4.78 is 3.85. The first-order valence-corrected chi connectivity index (χ1v) is 15.0. The van der Waals surface area contributed by atoms with Crippen molar-refractivity contribution >= 4 is 47.0 Å². The zero-order valence-corrected chi connectivity index (χ0v) is 25.1. The predicted octanol–water partition coefficient (Wildman–Crippen LogP) is 5.66. The second-order valence-electron chi connectivity index (χ2n) is 7.52. The van der Waals surface area contributed by atoms with Crippen LogP contribution in [-0.4, -0.2) is 54.1 Å². The third-order valence-electron chi connectivity index (χ3n) is 5.26. The Morgan fingerprint density at radius 1 is 0.676 bits per heavy atom. The molecule has 0 saturated carbocycles. The molecule has 4 aromatic heterocycles. The number of hydrogen-bond acceptors (Lipinski definition) is 8. The maximum atomic E-state index is 5.00. The molecule has 34 heavy (non-hydrogen) atoms. The fraction of sp³-hybridized carbons (Fsp3) is 0.304. The molecule has 0 aliphatic carbocycles. The number of thioether (sulfide) groups is 4. The topological polar surface area (TPSA) is 61.4 Å². The van der Waals surface area contributed by atoms with Gasteiger partial charge in [-0.15, -0.1) is 0 Å². The Labute approximate surface area is 232 Å². The third-order valence-corrected chi connectivity index (χ3v) is 8.38. The maximum absolute atomic E-state index is 5.00. The van der Waals surface area contributed by atoms with E-state index in [0.29, 0.717) is 0 Å². The molecule has 11 heteroatoms. The van der Waals surface area contributed by atoms with E-state index in [9.17, 15) is 0 Å². The van der Waals surface area contributed by atoms with E-state index in [1.807, 2.05) is 70.6 Å². The Kier molecular flexibility index (Phi) is 9.42. The van der Waals surface area contributed by atoms with Crippen LogP contribution in [0.5, 0.6) is 0 Å². The SMILES string of the molecule is CSc1n[c-]n(-c2cccc(C(C)(C)c3cccc(-n4[c-]nc(SC)c4SC)n3)n2)c1SC.[Pt+2]. The summed E-state index contributed by atoms with van der Waals surface area (Å²) in [6.07, 6.45) is 14.3. The number of nitrogens with zero attached hydrogens (tertiary/aromatic N) is 6. The molecule has 4 aromatic rings. The molecule has 0 unspecified atom stereocenters. The molecule has 0 N–H and O–H groups in total. The van der Waals surface area contributed by atoms with Gasteiger partial charge in [0, 0.05) is 39.5 Å². The average molecular weight is 708 g/mol. The van der Waals surface area contributed by atoms with Crippen LogP contribution < -0.4 is 0 Å². The molecule has 4 rings (SSSR count). The second-order valence-corrected chi connectivity index (χ2v) is 10.7. The summed E-state index contributed by atoms with van der Waals surface area (Å²) in [6.45, 7) is 4.29. The van der Waals surface area contributed by atoms with Crippen molar-refractivity contribution in [2.75, 3.05) is 25.0 Å². The van der Waals surface area contributed by atoms with E-state index in [-0.39, 0.29) is 21.1 Å². The smallest absolute Gasteiger partial charge is 0.406 e. The summed E-state index contributed by atoms with van der Waals surface area (Å²) in [6, 6.07) is 12.1. The molecule has 0 radical (unpaired) electrons. The van der Waals surface area contributed by atoms with Crippen molar-refractivity contribution in [1.82, 2.24) is 29.1 Å². The van der Waals surface area contributed by atoms with Gasteiger partial charge < -0.3 is 19.1 Å². The van der Waals surface area contributed by atoms with Crippen LogP contribution in [0.15, 0.2) is 56.5 Å². The van der Waals surface area contributed by atoms with Gasteiger partial charge in [-0.3, -0.25) is 9.97 Å². The van der Waals surface area contributed by atoms with Gasteiger partial charge in [0.05, 0.1) is 11.6 Å². The number of rotatable bonds is 8. The van der Waals surface area contributed by atoms with Crippen molar-refractivity contribution in [2.24, 2.45) is 0 Å². The van der Waals surface area contributed by atoms with E-state index >= 15 is 0 Å². The van der Waals surface area contributed by atoms with Crippen molar-refractivity contribution in [3.8, 4) is 11.6 Å². The van der Waals surface area contributed by atoms with Gasteiger partial charge in [0.1, 0.15) is 0 Å². The molecule has 0 bridgehead atoms. The summed E-state index contributed by atoms with van der Waals surface area (Å²) in [5, 5.41) is 3.98. The predicted molar refractivity (Wildman–Crippen MR) is 140 cm³/mol. The standard InChI is InChI=1S/C23H24N6S4.Pt/c1-23(2,15-9-7-11-17(26-15)28-13-24-19(30-3)21(28)32-5)16-10-8-12-18(27-16)29-14-25-20(31-4)22(29)33-6;/h7-12H,1-6H3;/q-2;+2. The first kappa shape index (κ1) is 27.4. The van der Waals surface area contributed by atoms with E-state index in [1.54, 1.807) is 47.0 Å². The fourth-order valence-electron chi connectivity index (χ4n) is 3.43. The number of pyridine rings is 2. The molecule has 4 heterocycles. The van der Waals surface area contributed by atoms with Crippen molar-refractivity contribution < 1.29 is 21.1 Å². The molecule has 0 aliphatic heterocycles. The largest absolute Gasteiger partial charge is 2.00 e. The van der Waals surface area contributed by atoms with Gasteiger partial charge in [-0.2, -0.15) is 47.0 Å². The van der Waals surface area contributed by atoms with Crippen LogP contribution in [0.2, 0.25) is 0 Å². The van der Waals surface area contributed by atoms with E-state index in [0.717, 1.165) is 43.1 Å².